The molecule has 0 spiro atoms. The van der Waals surface area contributed by atoms with Crippen molar-refractivity contribution in [3.63, 3.8) is 0 Å². The van der Waals surface area contributed by atoms with Crippen LogP contribution >= 0.6 is 17.0 Å². The summed E-state index contributed by atoms with van der Waals surface area (Å²) in [6, 6.07) is 48.3. The van der Waals surface area contributed by atoms with E-state index in [4.69, 9.17) is 0 Å². The molecule has 1 heterocycles. The predicted octanol–water partition coefficient (Wildman–Crippen LogP) is 13.5. The van der Waals surface area contributed by atoms with Gasteiger partial charge >= 0.3 is 360 Å². The summed E-state index contributed by atoms with van der Waals surface area (Å²) in [5.41, 5.74) is 19.1. The Morgan fingerprint density at radius 3 is 1.40 bits per heavy atom. The standard InChI is InChI=1S/2C21H23.C12H9Si.2ClH.Zr/c2*1-3-8-16-14-18-11-7-13-20(21(18)15-16)19-12-6-5-10-17(19)9-4-2;1-3-7-11-9(5-1)10-6-2-4-8-12(10)13-11;;;/h2*5-7,10-15H,3-4,8-9H2,1-2H3;1-7H,13H2;2*1H;/q;;;;;+2/p-2. The molecule has 2 unspecified atom stereocenters. The van der Waals surface area contributed by atoms with Gasteiger partial charge in [0.1, 0.15) is 0 Å². The predicted molar refractivity (Wildman–Crippen MR) is 254 cm³/mol. The molecular formula is C54H55Cl2SiZr. The molecule has 4 heteroatoms. The van der Waals surface area contributed by atoms with E-state index in [1.54, 1.807) is 0 Å². The number of rotatable bonds is 13. The molecule has 1 aliphatic heterocycles. The minimum absolute atomic E-state index is 0.0607. The molecule has 0 aromatic heterocycles. The first-order valence-corrected chi connectivity index (χ1v) is 33.7. The van der Waals surface area contributed by atoms with Gasteiger partial charge in [0.2, 0.25) is 0 Å². The fourth-order valence-corrected chi connectivity index (χ4v) is 39.3. The van der Waals surface area contributed by atoms with Crippen LogP contribution < -0.4 is 13.6 Å². The van der Waals surface area contributed by atoms with Crippen LogP contribution in [0.2, 0.25) is 0 Å². The fourth-order valence-electron chi connectivity index (χ4n) is 11.3. The van der Waals surface area contributed by atoms with Gasteiger partial charge in [0.05, 0.1) is 0 Å². The SMILES string of the molecule is CCCC1=Cc2c(-c3ccccc3CCC)cccc2[CH]1[Zr]([Cl])([Cl])([c]1cccc2c1[SiH2]c1ccccc1-2)[CH]1C(CCC)=Cc2c(-c3ccccc3CCC)cccc21. The van der Waals surface area contributed by atoms with Gasteiger partial charge in [-0.2, -0.15) is 0 Å². The average molecular weight is 894 g/mol. The molecule has 9 rings (SSSR count). The Kier molecular flexibility index (Phi) is 11.1. The van der Waals surface area contributed by atoms with Crippen LogP contribution in [-0.2, 0) is 29.2 Å². The van der Waals surface area contributed by atoms with Gasteiger partial charge in [-0.3, -0.25) is 0 Å². The molecule has 2 aliphatic carbocycles. The maximum absolute atomic E-state index is 9.35. The van der Waals surface area contributed by atoms with Crippen LogP contribution in [-0.4, -0.2) is 9.52 Å². The van der Waals surface area contributed by atoms with Crippen LogP contribution in [0.1, 0.15) is 107 Å². The van der Waals surface area contributed by atoms with Crippen molar-refractivity contribution in [1.82, 2.24) is 0 Å². The second-order valence-corrected chi connectivity index (χ2v) is 39.5. The van der Waals surface area contributed by atoms with Crippen LogP contribution in [0.15, 0.2) is 139 Å². The summed E-state index contributed by atoms with van der Waals surface area (Å²) < 4.78 is 1.20. The minimum atomic E-state index is -5.59. The van der Waals surface area contributed by atoms with E-state index >= 15 is 0 Å². The summed E-state index contributed by atoms with van der Waals surface area (Å²) in [6.45, 7) is 9.21. The maximum atomic E-state index is 9.35. The Morgan fingerprint density at radius 1 is 0.448 bits per heavy atom. The molecule has 0 fully saturated rings. The first-order chi connectivity index (χ1) is 28.3. The number of allylic oxidation sites excluding steroid dienone is 2. The molecule has 0 nitrogen and oxygen atoms in total. The number of hydrogen-bond donors (Lipinski definition) is 0. The van der Waals surface area contributed by atoms with E-state index in [1.807, 2.05) is 0 Å². The third-order valence-corrected chi connectivity index (χ3v) is 36.2. The summed E-state index contributed by atoms with van der Waals surface area (Å²) >= 11 is -5.59. The van der Waals surface area contributed by atoms with Crippen LogP contribution in [0.5, 0.6) is 0 Å². The van der Waals surface area contributed by atoms with Crippen molar-refractivity contribution in [2.75, 3.05) is 0 Å². The zero-order valence-electron chi connectivity index (χ0n) is 34.6. The third-order valence-electron chi connectivity index (χ3n) is 13.5. The topological polar surface area (TPSA) is 0 Å². The van der Waals surface area contributed by atoms with E-state index in [-0.39, 0.29) is 7.25 Å². The molecule has 6 aromatic rings. The van der Waals surface area contributed by atoms with Gasteiger partial charge in [-0.15, -0.1) is 0 Å². The van der Waals surface area contributed by atoms with Crippen LogP contribution in [0, 0.1) is 0 Å². The van der Waals surface area contributed by atoms with E-state index in [0.717, 1.165) is 51.4 Å². The van der Waals surface area contributed by atoms with Gasteiger partial charge in [-0.25, -0.2) is 0 Å². The average Bonchev–Trinajstić information content (AvgIpc) is 3.94. The molecule has 0 radical (unpaired) electrons. The van der Waals surface area contributed by atoms with E-state index in [9.17, 15) is 17.0 Å². The molecule has 0 bridgehead atoms. The Morgan fingerprint density at radius 2 is 0.879 bits per heavy atom. The number of fused-ring (bicyclic) bond motifs is 5. The summed E-state index contributed by atoms with van der Waals surface area (Å²) in [7, 11) is 17.9. The van der Waals surface area contributed by atoms with Crippen molar-refractivity contribution in [2.45, 2.75) is 86.3 Å². The van der Waals surface area contributed by atoms with Crippen molar-refractivity contribution in [3.05, 3.63) is 172 Å². The van der Waals surface area contributed by atoms with E-state index in [1.165, 1.54) is 91.6 Å². The molecule has 0 saturated heterocycles. The van der Waals surface area contributed by atoms with E-state index in [0.29, 0.717) is 0 Å². The van der Waals surface area contributed by atoms with Gasteiger partial charge < -0.3 is 0 Å². The molecule has 3 aliphatic rings. The molecule has 0 amide bonds. The van der Waals surface area contributed by atoms with Crippen molar-refractivity contribution in [1.29, 1.82) is 0 Å². The summed E-state index contributed by atoms with van der Waals surface area (Å²) in [4.78, 5) is 0. The normalized spacial score (nSPS) is 17.6. The quantitative estimate of drug-likeness (QED) is 0.101. The molecule has 2 atom stereocenters. The number of aryl methyl sites for hydroxylation is 2. The molecule has 0 N–H and O–H groups in total. The van der Waals surface area contributed by atoms with Gasteiger partial charge in [-0.05, 0) is 0 Å². The Bertz CT molecular complexity index is 2480. The van der Waals surface area contributed by atoms with E-state index < -0.39 is 25.9 Å². The zero-order valence-corrected chi connectivity index (χ0v) is 39.9. The van der Waals surface area contributed by atoms with Gasteiger partial charge in [0.25, 0.3) is 0 Å². The van der Waals surface area contributed by atoms with Crippen molar-refractivity contribution >= 4 is 52.3 Å². The summed E-state index contributed by atoms with van der Waals surface area (Å²) in [6.07, 6.45) is 13.5. The van der Waals surface area contributed by atoms with Crippen LogP contribution in [0.4, 0.5) is 0 Å². The van der Waals surface area contributed by atoms with Gasteiger partial charge in [0.15, 0.2) is 0 Å². The molecule has 58 heavy (non-hydrogen) atoms. The molecule has 6 aromatic carbocycles. The first-order valence-electron chi connectivity index (χ1n) is 21.9. The Labute approximate surface area is 357 Å². The van der Waals surface area contributed by atoms with Crippen molar-refractivity contribution < 1.29 is 16.4 Å². The van der Waals surface area contributed by atoms with Gasteiger partial charge in [-0.1, -0.05) is 0 Å². The van der Waals surface area contributed by atoms with Crippen molar-refractivity contribution in [2.24, 2.45) is 0 Å². The van der Waals surface area contributed by atoms with Gasteiger partial charge in [0, 0.05) is 0 Å². The monoisotopic (exact) mass is 891 g/mol. The molecular weight excluding hydrogens is 839 g/mol. The van der Waals surface area contributed by atoms with Crippen LogP contribution in [0.25, 0.3) is 45.5 Å². The number of hydrogen-bond acceptors (Lipinski definition) is 0. The fraction of sp³-hybridized carbons (Fsp3) is 0.259. The first kappa shape index (κ1) is 39.9. The summed E-state index contributed by atoms with van der Waals surface area (Å²) in [5, 5.41) is 2.99. The third kappa shape index (κ3) is 6.39. The zero-order chi connectivity index (χ0) is 40.0. The number of benzene rings is 6. The molecule has 293 valence electrons. The second-order valence-electron chi connectivity index (χ2n) is 17.1. The Hall–Kier alpha value is -3.52. The van der Waals surface area contributed by atoms with E-state index in [2.05, 4.69) is 167 Å². The second kappa shape index (κ2) is 16.2. The number of halogens is 2. The van der Waals surface area contributed by atoms with Crippen molar-refractivity contribution in [3.8, 4) is 33.4 Å². The van der Waals surface area contributed by atoms with Crippen LogP contribution in [0.3, 0.4) is 0 Å². The Balaban J connectivity index is 1.36. The summed E-state index contributed by atoms with van der Waals surface area (Å²) in [5.74, 6) is 0. The molecule has 0 saturated carbocycles.